The van der Waals surface area contributed by atoms with Crippen LogP contribution in [0.4, 0.5) is 5.69 Å². The summed E-state index contributed by atoms with van der Waals surface area (Å²) in [6, 6.07) is 4.01. The Morgan fingerprint density at radius 3 is 2.45 bits per heavy atom. The Morgan fingerprint density at radius 2 is 1.73 bits per heavy atom. The van der Waals surface area contributed by atoms with E-state index in [1.807, 2.05) is 12.1 Å². The fourth-order valence-corrected chi connectivity index (χ4v) is 2.92. The number of nitrogens with one attached hydrogen (secondary N) is 1. The molecule has 2 saturated heterocycles. The molecule has 2 fully saturated rings. The average molecular weight is 325 g/mol. The number of aromatic nitrogens is 1. The molecule has 1 aromatic rings. The lowest BCUT2D eigenvalue weighted by Gasteiger charge is -2.29. The van der Waals surface area contributed by atoms with Gasteiger partial charge in [-0.1, -0.05) is 12.2 Å². The third-order valence-corrected chi connectivity index (χ3v) is 4.17. The standard InChI is InChI=1S/C15H23N3O3S/c22-15-12-13(18-4-8-20-9-5-18)11-14(16-15)21-10-3-17-1-6-19-7-2-17/h11-12H,1-10H2,(H,16,22). The van der Waals surface area contributed by atoms with Crippen LogP contribution in [-0.2, 0) is 9.47 Å². The Hall–Kier alpha value is -1.15. The molecule has 122 valence electrons. The Balaban J connectivity index is 1.56. The molecule has 0 spiro atoms. The van der Waals surface area contributed by atoms with Crippen molar-refractivity contribution in [3.8, 4) is 5.88 Å². The lowest BCUT2D eigenvalue weighted by atomic mass is 10.3. The van der Waals surface area contributed by atoms with Crippen molar-refractivity contribution in [2.45, 2.75) is 0 Å². The van der Waals surface area contributed by atoms with Crippen molar-refractivity contribution >= 4 is 17.9 Å². The van der Waals surface area contributed by atoms with Crippen molar-refractivity contribution in [3.63, 3.8) is 0 Å². The van der Waals surface area contributed by atoms with Crippen molar-refractivity contribution < 1.29 is 14.2 Å². The molecule has 22 heavy (non-hydrogen) atoms. The highest BCUT2D eigenvalue weighted by Crippen LogP contribution is 2.20. The summed E-state index contributed by atoms with van der Waals surface area (Å²) in [5, 5.41) is 0. The van der Waals surface area contributed by atoms with Gasteiger partial charge < -0.3 is 24.1 Å². The summed E-state index contributed by atoms with van der Waals surface area (Å²) in [6.45, 7) is 8.46. The number of nitrogens with zero attached hydrogens (tertiary/aromatic N) is 2. The SMILES string of the molecule is S=c1cc(N2CCOCC2)cc(OCCN2CCOCC2)[nH]1. The second kappa shape index (κ2) is 7.92. The normalized spacial score (nSPS) is 20.1. The first-order valence-corrected chi connectivity index (χ1v) is 8.22. The molecule has 6 nitrogen and oxygen atoms in total. The van der Waals surface area contributed by atoms with Gasteiger partial charge in [-0.3, -0.25) is 4.90 Å². The molecule has 1 aromatic heterocycles. The van der Waals surface area contributed by atoms with Crippen LogP contribution in [0, 0.1) is 4.64 Å². The van der Waals surface area contributed by atoms with Crippen LogP contribution in [0.2, 0.25) is 0 Å². The molecule has 0 amide bonds. The van der Waals surface area contributed by atoms with Gasteiger partial charge in [0.15, 0.2) is 5.88 Å². The molecule has 0 radical (unpaired) electrons. The largest absolute Gasteiger partial charge is 0.478 e. The molecule has 0 atom stereocenters. The zero-order chi connectivity index (χ0) is 15.2. The minimum Gasteiger partial charge on any atom is -0.478 e. The van der Waals surface area contributed by atoms with Gasteiger partial charge in [0.05, 0.1) is 26.4 Å². The Labute approximate surface area is 136 Å². The highest BCUT2D eigenvalue weighted by molar-refractivity contribution is 7.71. The van der Waals surface area contributed by atoms with Crippen LogP contribution in [0.3, 0.4) is 0 Å². The highest BCUT2D eigenvalue weighted by Gasteiger charge is 2.13. The second-order valence-corrected chi connectivity index (χ2v) is 5.91. The Morgan fingerprint density at radius 1 is 1.05 bits per heavy atom. The minimum atomic E-state index is 0.651. The summed E-state index contributed by atoms with van der Waals surface area (Å²) >= 11 is 5.31. The number of pyridine rings is 1. The van der Waals surface area contributed by atoms with Crippen LogP contribution in [-0.4, -0.2) is 75.6 Å². The maximum absolute atomic E-state index is 5.86. The molecular weight excluding hydrogens is 302 g/mol. The van der Waals surface area contributed by atoms with Crippen LogP contribution >= 0.6 is 12.2 Å². The van der Waals surface area contributed by atoms with Gasteiger partial charge in [0, 0.05) is 44.5 Å². The smallest absolute Gasteiger partial charge is 0.193 e. The van der Waals surface area contributed by atoms with Gasteiger partial charge in [0.2, 0.25) is 0 Å². The van der Waals surface area contributed by atoms with E-state index < -0.39 is 0 Å². The van der Waals surface area contributed by atoms with Crippen molar-refractivity contribution in [1.29, 1.82) is 0 Å². The van der Waals surface area contributed by atoms with Gasteiger partial charge in [0.25, 0.3) is 0 Å². The lowest BCUT2D eigenvalue weighted by Crippen LogP contribution is -2.38. The van der Waals surface area contributed by atoms with E-state index in [4.69, 9.17) is 26.4 Å². The van der Waals surface area contributed by atoms with E-state index >= 15 is 0 Å². The predicted molar refractivity (Wildman–Crippen MR) is 87.4 cm³/mol. The molecule has 7 heteroatoms. The van der Waals surface area contributed by atoms with Gasteiger partial charge in [-0.25, -0.2) is 0 Å². The number of H-pyrrole nitrogens is 1. The zero-order valence-electron chi connectivity index (χ0n) is 12.8. The first-order valence-electron chi connectivity index (χ1n) is 7.81. The maximum atomic E-state index is 5.86. The average Bonchev–Trinajstić information content (AvgIpc) is 2.56. The molecule has 0 aliphatic carbocycles. The summed E-state index contributed by atoms with van der Waals surface area (Å²) < 4.78 is 17.3. The molecule has 0 aromatic carbocycles. The third-order valence-electron chi connectivity index (χ3n) is 3.95. The van der Waals surface area contributed by atoms with E-state index in [1.54, 1.807) is 0 Å². The van der Waals surface area contributed by atoms with Gasteiger partial charge in [-0.2, -0.15) is 0 Å². The molecule has 0 bridgehead atoms. The van der Waals surface area contributed by atoms with Gasteiger partial charge in [0.1, 0.15) is 11.2 Å². The number of aromatic amines is 1. The molecule has 1 N–H and O–H groups in total. The lowest BCUT2D eigenvalue weighted by molar-refractivity contribution is 0.0320. The Bertz CT molecular complexity index is 525. The fraction of sp³-hybridized carbons (Fsp3) is 0.667. The van der Waals surface area contributed by atoms with Crippen LogP contribution in [0.15, 0.2) is 12.1 Å². The van der Waals surface area contributed by atoms with Crippen LogP contribution in [0.1, 0.15) is 0 Å². The summed E-state index contributed by atoms with van der Waals surface area (Å²) in [5.41, 5.74) is 1.11. The predicted octanol–water partition coefficient (Wildman–Crippen LogP) is 1.29. The zero-order valence-corrected chi connectivity index (χ0v) is 13.6. The van der Waals surface area contributed by atoms with Gasteiger partial charge in [-0.15, -0.1) is 0 Å². The minimum absolute atomic E-state index is 0.651. The maximum Gasteiger partial charge on any atom is 0.193 e. The highest BCUT2D eigenvalue weighted by atomic mass is 32.1. The molecule has 3 rings (SSSR count). The monoisotopic (exact) mass is 325 g/mol. The molecule has 0 saturated carbocycles. The number of hydrogen-bond acceptors (Lipinski definition) is 6. The van der Waals surface area contributed by atoms with E-state index in [-0.39, 0.29) is 0 Å². The van der Waals surface area contributed by atoms with Gasteiger partial charge >= 0.3 is 0 Å². The Kier molecular flexibility index (Phi) is 5.66. The number of anilines is 1. The van der Waals surface area contributed by atoms with Crippen LogP contribution in [0.5, 0.6) is 5.88 Å². The topological polar surface area (TPSA) is 50.0 Å². The number of ether oxygens (including phenoxy) is 3. The van der Waals surface area contributed by atoms with E-state index in [9.17, 15) is 0 Å². The summed E-state index contributed by atoms with van der Waals surface area (Å²) in [6.07, 6.45) is 0. The number of hydrogen-bond donors (Lipinski definition) is 1. The quantitative estimate of drug-likeness (QED) is 0.824. The summed E-state index contributed by atoms with van der Waals surface area (Å²) in [7, 11) is 0. The third kappa shape index (κ3) is 4.42. The van der Waals surface area contributed by atoms with Crippen LogP contribution in [0.25, 0.3) is 0 Å². The fourth-order valence-electron chi connectivity index (χ4n) is 2.70. The van der Waals surface area contributed by atoms with Crippen molar-refractivity contribution in [2.24, 2.45) is 0 Å². The first kappa shape index (κ1) is 15.7. The van der Waals surface area contributed by atoms with E-state index in [2.05, 4.69) is 14.8 Å². The van der Waals surface area contributed by atoms with E-state index in [0.29, 0.717) is 11.2 Å². The van der Waals surface area contributed by atoms with Crippen molar-refractivity contribution in [1.82, 2.24) is 9.88 Å². The number of rotatable bonds is 5. The molecular formula is C15H23N3O3S. The van der Waals surface area contributed by atoms with Crippen molar-refractivity contribution in [2.75, 3.05) is 70.7 Å². The summed E-state index contributed by atoms with van der Waals surface area (Å²) in [4.78, 5) is 7.75. The van der Waals surface area contributed by atoms with Crippen LogP contribution < -0.4 is 9.64 Å². The number of morpholine rings is 2. The molecule has 3 heterocycles. The van der Waals surface area contributed by atoms with E-state index in [0.717, 1.165) is 70.7 Å². The van der Waals surface area contributed by atoms with Crippen molar-refractivity contribution in [3.05, 3.63) is 16.8 Å². The molecule has 0 unspecified atom stereocenters. The summed E-state index contributed by atoms with van der Waals surface area (Å²) in [5.74, 6) is 0.738. The second-order valence-electron chi connectivity index (χ2n) is 5.47. The molecule has 2 aliphatic heterocycles. The first-order chi connectivity index (χ1) is 10.8. The molecule has 2 aliphatic rings. The van der Waals surface area contributed by atoms with Gasteiger partial charge in [-0.05, 0) is 6.07 Å². The van der Waals surface area contributed by atoms with E-state index in [1.165, 1.54) is 0 Å².